The number of aliphatic hydroxyl groups excluding tert-OH is 1. The predicted molar refractivity (Wildman–Crippen MR) is 128 cm³/mol. The molecule has 1 unspecified atom stereocenters. The number of nitrogens with zero attached hydrogens (tertiary/aromatic N) is 1. The first kappa shape index (κ1) is 23.4. The number of carbonyl (C=O) groups excluding carboxylic acids is 2. The molecule has 1 aromatic heterocycles. The van der Waals surface area contributed by atoms with Crippen LogP contribution in [-0.2, 0) is 9.59 Å². The number of hydrogen-bond donors (Lipinski definition) is 1. The van der Waals surface area contributed by atoms with Crippen LogP contribution in [0.2, 0.25) is 5.02 Å². The van der Waals surface area contributed by atoms with Gasteiger partial charge in [0.25, 0.3) is 11.7 Å². The molecule has 1 aliphatic rings. The van der Waals surface area contributed by atoms with Crippen LogP contribution in [0.4, 0.5) is 5.69 Å². The van der Waals surface area contributed by atoms with Crippen molar-refractivity contribution in [2.45, 2.75) is 32.9 Å². The van der Waals surface area contributed by atoms with E-state index in [1.807, 2.05) is 20.8 Å². The van der Waals surface area contributed by atoms with Crippen LogP contribution in [0, 0.1) is 6.92 Å². The Morgan fingerprint density at radius 1 is 1.12 bits per heavy atom. The number of hydrogen-bond acceptors (Lipinski definition) is 6. The molecule has 1 aliphatic heterocycles. The molecular weight excluding hydrogens is 458 g/mol. The third-order valence-corrected chi connectivity index (χ3v) is 5.78. The zero-order valence-electron chi connectivity index (χ0n) is 19.2. The average Bonchev–Trinajstić information content (AvgIpc) is 3.41. The zero-order chi connectivity index (χ0) is 24.6. The topological polar surface area (TPSA) is 89.2 Å². The van der Waals surface area contributed by atoms with Gasteiger partial charge in [-0.2, -0.15) is 0 Å². The second-order valence-corrected chi connectivity index (χ2v) is 8.56. The lowest BCUT2D eigenvalue weighted by molar-refractivity contribution is -0.132. The fraction of sp³-hybridized carbons (Fsp3) is 0.231. The second-order valence-electron chi connectivity index (χ2n) is 8.15. The maximum atomic E-state index is 13.2. The number of amides is 1. The highest BCUT2D eigenvalue weighted by Crippen LogP contribution is 2.44. The van der Waals surface area contributed by atoms with Gasteiger partial charge in [0.1, 0.15) is 29.1 Å². The number of carbonyl (C=O) groups is 2. The largest absolute Gasteiger partial charge is 0.507 e. The molecule has 0 bridgehead atoms. The van der Waals surface area contributed by atoms with Crippen LogP contribution in [0.15, 0.2) is 64.8 Å². The first-order chi connectivity index (χ1) is 16.2. The van der Waals surface area contributed by atoms with Crippen LogP contribution < -0.4 is 14.4 Å². The standard InChI is InChI=1S/C26H24ClNO6/c1-14(2)34-19-9-7-16(12-15(19)3)24(29)22-23(21-6-5-11-33-21)28(26(31)25(22)30)17-8-10-20(32-4)18(27)13-17/h5-14,23,29H,1-4H3/b24-22-. The number of halogens is 1. The molecule has 0 aliphatic carbocycles. The van der Waals surface area contributed by atoms with Crippen molar-refractivity contribution in [1.82, 2.24) is 0 Å². The molecule has 1 atom stereocenters. The van der Waals surface area contributed by atoms with Gasteiger partial charge in [0.2, 0.25) is 0 Å². The number of methoxy groups -OCH3 is 1. The number of rotatable bonds is 6. The minimum Gasteiger partial charge on any atom is -0.507 e. The molecule has 1 fully saturated rings. The van der Waals surface area contributed by atoms with E-state index in [4.69, 9.17) is 25.5 Å². The molecule has 7 nitrogen and oxygen atoms in total. The molecule has 1 N–H and O–H groups in total. The van der Waals surface area contributed by atoms with Crippen LogP contribution in [0.25, 0.3) is 5.76 Å². The Morgan fingerprint density at radius 2 is 1.85 bits per heavy atom. The van der Waals surface area contributed by atoms with Crippen LogP contribution in [0.3, 0.4) is 0 Å². The number of anilines is 1. The summed E-state index contributed by atoms with van der Waals surface area (Å²) >= 11 is 6.28. The Kier molecular flexibility index (Phi) is 6.39. The smallest absolute Gasteiger partial charge is 0.300 e. The normalized spacial score (nSPS) is 17.5. The van der Waals surface area contributed by atoms with Gasteiger partial charge in [0, 0.05) is 11.3 Å². The SMILES string of the molecule is COc1ccc(N2C(=O)C(=O)/C(=C(\O)c3ccc(OC(C)C)c(C)c3)C2c2ccco2)cc1Cl. The Bertz CT molecular complexity index is 1280. The number of ketones is 1. The van der Waals surface area contributed by atoms with Gasteiger partial charge < -0.3 is 19.0 Å². The third-order valence-electron chi connectivity index (χ3n) is 5.48. The highest BCUT2D eigenvalue weighted by Gasteiger charge is 2.48. The van der Waals surface area contributed by atoms with Crippen LogP contribution in [0.1, 0.15) is 36.8 Å². The van der Waals surface area contributed by atoms with E-state index in [1.54, 1.807) is 42.5 Å². The minimum atomic E-state index is -0.980. The fourth-order valence-electron chi connectivity index (χ4n) is 3.96. The highest BCUT2D eigenvalue weighted by molar-refractivity contribution is 6.51. The van der Waals surface area contributed by atoms with Gasteiger partial charge in [-0.05, 0) is 74.9 Å². The van der Waals surface area contributed by atoms with Gasteiger partial charge in [-0.1, -0.05) is 11.6 Å². The fourth-order valence-corrected chi connectivity index (χ4v) is 4.21. The maximum Gasteiger partial charge on any atom is 0.300 e. The number of aryl methyl sites for hydroxylation is 1. The van der Waals surface area contributed by atoms with Gasteiger partial charge in [0.15, 0.2) is 0 Å². The van der Waals surface area contributed by atoms with E-state index in [2.05, 4.69) is 0 Å². The van der Waals surface area contributed by atoms with Gasteiger partial charge >= 0.3 is 0 Å². The summed E-state index contributed by atoms with van der Waals surface area (Å²) in [5.41, 5.74) is 1.45. The van der Waals surface area contributed by atoms with Gasteiger partial charge in [-0.25, -0.2) is 0 Å². The van der Waals surface area contributed by atoms with E-state index < -0.39 is 17.7 Å². The lowest BCUT2D eigenvalue weighted by Crippen LogP contribution is -2.29. The molecule has 0 spiro atoms. The third kappa shape index (κ3) is 4.15. The molecule has 34 heavy (non-hydrogen) atoms. The zero-order valence-corrected chi connectivity index (χ0v) is 19.9. The Morgan fingerprint density at radius 3 is 2.44 bits per heavy atom. The molecule has 2 heterocycles. The second kappa shape index (κ2) is 9.27. The highest BCUT2D eigenvalue weighted by atomic mass is 35.5. The summed E-state index contributed by atoms with van der Waals surface area (Å²) in [6.45, 7) is 5.68. The van der Waals surface area contributed by atoms with Crippen LogP contribution in [-0.4, -0.2) is 30.0 Å². The summed E-state index contributed by atoms with van der Waals surface area (Å²) in [4.78, 5) is 27.6. The lowest BCUT2D eigenvalue weighted by Gasteiger charge is -2.24. The van der Waals surface area contributed by atoms with Crippen molar-refractivity contribution in [1.29, 1.82) is 0 Å². The van der Waals surface area contributed by atoms with E-state index >= 15 is 0 Å². The molecule has 8 heteroatoms. The van der Waals surface area contributed by atoms with Crippen molar-refractivity contribution in [3.63, 3.8) is 0 Å². The quantitative estimate of drug-likeness (QED) is 0.277. The van der Waals surface area contributed by atoms with Crippen molar-refractivity contribution in [3.8, 4) is 11.5 Å². The summed E-state index contributed by atoms with van der Waals surface area (Å²) in [5, 5.41) is 11.5. The molecule has 0 saturated carbocycles. The predicted octanol–water partition coefficient (Wildman–Crippen LogP) is 5.66. The van der Waals surface area contributed by atoms with Crippen molar-refractivity contribution >= 4 is 34.7 Å². The number of furan rings is 1. The molecule has 1 saturated heterocycles. The monoisotopic (exact) mass is 481 g/mol. The Balaban J connectivity index is 1.86. The summed E-state index contributed by atoms with van der Waals surface area (Å²) in [5.74, 6) is -0.518. The van der Waals surface area contributed by atoms with E-state index in [-0.39, 0.29) is 22.5 Å². The average molecular weight is 482 g/mol. The Hall–Kier alpha value is -3.71. The Labute approximate surface area is 202 Å². The molecule has 2 aromatic carbocycles. The summed E-state index contributed by atoms with van der Waals surface area (Å²) in [6, 6.07) is 12.2. The first-order valence-electron chi connectivity index (χ1n) is 10.7. The van der Waals surface area contributed by atoms with E-state index in [1.165, 1.54) is 24.3 Å². The molecule has 1 amide bonds. The number of aliphatic hydroxyl groups is 1. The molecule has 4 rings (SSSR count). The van der Waals surface area contributed by atoms with Crippen LogP contribution >= 0.6 is 11.6 Å². The summed E-state index contributed by atoms with van der Waals surface area (Å²) in [6.07, 6.45) is 1.43. The van der Waals surface area contributed by atoms with Crippen molar-refractivity contribution < 1.29 is 28.6 Å². The lowest BCUT2D eigenvalue weighted by atomic mass is 9.98. The van der Waals surface area contributed by atoms with E-state index in [0.29, 0.717) is 28.5 Å². The number of ether oxygens (including phenoxy) is 2. The van der Waals surface area contributed by atoms with Crippen molar-refractivity contribution in [3.05, 3.63) is 82.3 Å². The summed E-state index contributed by atoms with van der Waals surface area (Å²) in [7, 11) is 1.48. The number of benzene rings is 2. The van der Waals surface area contributed by atoms with E-state index in [0.717, 1.165) is 5.56 Å². The van der Waals surface area contributed by atoms with Crippen LogP contribution in [0.5, 0.6) is 11.5 Å². The van der Waals surface area contributed by atoms with Gasteiger partial charge in [-0.15, -0.1) is 0 Å². The first-order valence-corrected chi connectivity index (χ1v) is 11.1. The molecule has 176 valence electrons. The van der Waals surface area contributed by atoms with E-state index in [9.17, 15) is 14.7 Å². The van der Waals surface area contributed by atoms with Gasteiger partial charge in [0.05, 0.1) is 30.1 Å². The number of Topliss-reactive ketones (excluding diaryl/α,β-unsaturated/α-hetero) is 1. The minimum absolute atomic E-state index is 0.0151. The van der Waals surface area contributed by atoms with Crippen molar-refractivity contribution in [2.24, 2.45) is 0 Å². The maximum absolute atomic E-state index is 13.2. The van der Waals surface area contributed by atoms with Crippen molar-refractivity contribution in [2.75, 3.05) is 12.0 Å². The molecule has 3 aromatic rings. The summed E-state index contributed by atoms with van der Waals surface area (Å²) < 4.78 is 16.5. The molecule has 0 radical (unpaired) electrons. The molecular formula is C26H24ClNO6. The van der Waals surface area contributed by atoms with Gasteiger partial charge in [-0.3, -0.25) is 14.5 Å².